The van der Waals surface area contributed by atoms with Gasteiger partial charge in [0.1, 0.15) is 0 Å². The number of para-hydroxylation sites is 1. The van der Waals surface area contributed by atoms with Crippen LogP contribution in [0.1, 0.15) is 59.5 Å². The molecule has 4 heterocycles. The van der Waals surface area contributed by atoms with E-state index >= 15 is 0 Å². The number of rotatable bonds is 5. The zero-order valence-corrected chi connectivity index (χ0v) is 30.2. The number of pyridine rings is 2. The minimum Gasteiger partial charge on any atom is -0.348 e. The van der Waals surface area contributed by atoms with Gasteiger partial charge < -0.3 is 9.38 Å². The van der Waals surface area contributed by atoms with Crippen molar-refractivity contribution in [3.8, 4) is 16.8 Å². The van der Waals surface area contributed by atoms with Gasteiger partial charge in [-0.15, -0.1) is 18.2 Å². The molecule has 0 amide bonds. The molecule has 4 aromatic heterocycles. The Morgan fingerprint density at radius 2 is 1.57 bits per heavy atom. The first-order chi connectivity index (χ1) is 21.6. The monoisotopic (exact) mass is 786 g/mol. The molecule has 0 saturated carbocycles. The minimum atomic E-state index is 0. The maximum Gasteiger partial charge on any atom is 2.00 e. The van der Waals surface area contributed by atoms with Crippen LogP contribution in [0.4, 0.5) is 0 Å². The van der Waals surface area contributed by atoms with E-state index in [-0.39, 0.29) is 21.1 Å². The van der Waals surface area contributed by atoms with Crippen molar-refractivity contribution in [2.45, 2.75) is 68.2 Å². The SMILES string of the molecule is CCC(C)Cc1cc(C)c(-c2cnn(-c3[c-]cccc3)c2)c(C)c1.Cc1c[c-]c2c(n1)c1c(C)ccc(C)c1n1cc(C)nc21.[Pt+2]. The molecule has 7 aromatic rings. The number of aromatic nitrogens is 5. The van der Waals surface area contributed by atoms with Gasteiger partial charge in [0.2, 0.25) is 0 Å². The Bertz CT molecular complexity index is 2130. The number of hydrogen-bond acceptors (Lipinski definition) is 3. The number of nitrogens with zero attached hydrogens (tertiary/aromatic N) is 5. The average molecular weight is 787 g/mol. The molecule has 0 spiro atoms. The smallest absolute Gasteiger partial charge is 0.348 e. The molecule has 0 aliphatic rings. The first-order valence-corrected chi connectivity index (χ1v) is 15.8. The van der Waals surface area contributed by atoms with Crippen molar-refractivity contribution in [3.05, 3.63) is 125 Å². The van der Waals surface area contributed by atoms with Crippen LogP contribution in [0, 0.1) is 59.6 Å². The molecule has 1 atom stereocenters. The van der Waals surface area contributed by atoms with E-state index in [1.165, 1.54) is 50.7 Å². The summed E-state index contributed by atoms with van der Waals surface area (Å²) in [5, 5.41) is 6.71. The molecule has 0 N–H and O–H groups in total. The third-order valence-electron chi connectivity index (χ3n) is 8.75. The van der Waals surface area contributed by atoms with Crippen LogP contribution in [0.3, 0.4) is 0 Å². The molecule has 0 bridgehead atoms. The zero-order chi connectivity index (χ0) is 31.8. The van der Waals surface area contributed by atoms with Gasteiger partial charge in [-0.1, -0.05) is 56.8 Å². The summed E-state index contributed by atoms with van der Waals surface area (Å²) >= 11 is 0. The molecule has 0 aliphatic heterocycles. The standard InChI is InChI=1S/C22H25N2.C18H16N3.Pt/c1-5-16(2)11-19-12-17(3)22(18(4)13-19)20-14-23-24(15-20)21-9-7-6-8-10-21;1-10-5-6-11(2)17-15(10)16-14(8-7-12(3)19-16)18-20-13(4)9-21(17)18;/h6-9,12-16H,5,11H2,1-4H3;5-7,9H,1-4H3;/q2*-1;+2. The summed E-state index contributed by atoms with van der Waals surface area (Å²) in [6.07, 6.45) is 8.51. The molecule has 6 heteroatoms. The molecule has 5 nitrogen and oxygen atoms in total. The summed E-state index contributed by atoms with van der Waals surface area (Å²) in [4.78, 5) is 9.46. The number of imidazole rings is 1. The molecule has 0 radical (unpaired) electrons. The molecule has 7 rings (SSSR count). The normalized spacial score (nSPS) is 11.8. The van der Waals surface area contributed by atoms with E-state index in [9.17, 15) is 0 Å². The number of aryl methyl sites for hydroxylation is 6. The molecule has 0 saturated heterocycles. The third-order valence-corrected chi connectivity index (χ3v) is 8.75. The Labute approximate surface area is 287 Å². The van der Waals surface area contributed by atoms with Crippen molar-refractivity contribution >= 4 is 27.5 Å². The Morgan fingerprint density at radius 3 is 2.26 bits per heavy atom. The maximum absolute atomic E-state index is 4.78. The van der Waals surface area contributed by atoms with Gasteiger partial charge >= 0.3 is 21.1 Å². The van der Waals surface area contributed by atoms with Crippen LogP contribution in [-0.4, -0.2) is 24.1 Å². The summed E-state index contributed by atoms with van der Waals surface area (Å²) in [5.74, 6) is 0.728. The second kappa shape index (κ2) is 13.7. The predicted molar refractivity (Wildman–Crippen MR) is 186 cm³/mol. The molecular formula is C40H41N5Pt. The zero-order valence-electron chi connectivity index (χ0n) is 28.0. The van der Waals surface area contributed by atoms with Crippen molar-refractivity contribution in [3.63, 3.8) is 0 Å². The summed E-state index contributed by atoms with van der Waals surface area (Å²) in [6, 6.07) is 25.4. The van der Waals surface area contributed by atoms with Crippen LogP contribution in [0.15, 0.2) is 73.2 Å². The summed E-state index contributed by atoms with van der Waals surface area (Å²) in [7, 11) is 0. The van der Waals surface area contributed by atoms with Gasteiger partial charge in [0.25, 0.3) is 0 Å². The predicted octanol–water partition coefficient (Wildman–Crippen LogP) is 9.61. The van der Waals surface area contributed by atoms with Crippen molar-refractivity contribution in [1.29, 1.82) is 0 Å². The van der Waals surface area contributed by atoms with Gasteiger partial charge in [-0.2, -0.15) is 29.4 Å². The van der Waals surface area contributed by atoms with Gasteiger partial charge in [-0.3, -0.25) is 9.67 Å². The fraction of sp³-hybridized carbons (Fsp3) is 0.275. The van der Waals surface area contributed by atoms with Gasteiger partial charge in [0, 0.05) is 29.2 Å². The van der Waals surface area contributed by atoms with Crippen molar-refractivity contribution in [2.24, 2.45) is 5.92 Å². The second-order valence-corrected chi connectivity index (χ2v) is 12.5. The van der Waals surface area contributed by atoms with Crippen molar-refractivity contribution in [1.82, 2.24) is 24.1 Å². The topological polar surface area (TPSA) is 48.0 Å². The molecule has 3 aromatic carbocycles. The van der Waals surface area contributed by atoms with Crippen LogP contribution in [-0.2, 0) is 27.5 Å². The van der Waals surface area contributed by atoms with E-state index in [0.29, 0.717) is 0 Å². The van der Waals surface area contributed by atoms with E-state index in [2.05, 4.69) is 105 Å². The van der Waals surface area contributed by atoms with E-state index in [1.54, 1.807) is 0 Å². The fourth-order valence-electron chi connectivity index (χ4n) is 6.39. The number of fused-ring (bicyclic) bond motifs is 6. The summed E-state index contributed by atoms with van der Waals surface area (Å²) in [5.41, 5.74) is 15.1. The number of benzene rings is 3. The Balaban J connectivity index is 0.000000178. The largest absolute Gasteiger partial charge is 2.00 e. The van der Waals surface area contributed by atoms with Crippen molar-refractivity contribution in [2.75, 3.05) is 0 Å². The molecule has 1 unspecified atom stereocenters. The second-order valence-electron chi connectivity index (χ2n) is 12.5. The molecule has 236 valence electrons. The van der Waals surface area contributed by atoms with Crippen LogP contribution in [0.5, 0.6) is 0 Å². The first-order valence-electron chi connectivity index (χ1n) is 15.8. The van der Waals surface area contributed by atoms with Gasteiger partial charge in [0.05, 0.1) is 11.8 Å². The quantitative estimate of drug-likeness (QED) is 0.129. The Kier molecular flexibility index (Phi) is 9.93. The number of hydrogen-bond donors (Lipinski definition) is 0. The van der Waals surface area contributed by atoms with Crippen LogP contribution in [0.25, 0.3) is 44.3 Å². The summed E-state index contributed by atoms with van der Waals surface area (Å²) in [6.45, 7) is 17.3. The molecular weight excluding hydrogens is 746 g/mol. The van der Waals surface area contributed by atoms with E-state index in [1.807, 2.05) is 55.1 Å². The molecule has 46 heavy (non-hydrogen) atoms. The van der Waals surface area contributed by atoms with Crippen LogP contribution >= 0.6 is 0 Å². The van der Waals surface area contributed by atoms with Gasteiger partial charge in [-0.05, 0) is 103 Å². The average Bonchev–Trinajstić information content (AvgIpc) is 3.66. The fourth-order valence-corrected chi connectivity index (χ4v) is 6.39. The van der Waals surface area contributed by atoms with Gasteiger partial charge in [0.15, 0.2) is 0 Å². The van der Waals surface area contributed by atoms with E-state index in [4.69, 9.17) is 4.98 Å². The maximum atomic E-state index is 4.78. The van der Waals surface area contributed by atoms with Gasteiger partial charge in [-0.25, -0.2) is 0 Å². The summed E-state index contributed by atoms with van der Waals surface area (Å²) < 4.78 is 4.07. The third kappa shape index (κ3) is 6.44. The van der Waals surface area contributed by atoms with Crippen LogP contribution < -0.4 is 0 Å². The molecule has 0 fully saturated rings. The van der Waals surface area contributed by atoms with Crippen LogP contribution in [0.2, 0.25) is 0 Å². The Morgan fingerprint density at radius 1 is 0.826 bits per heavy atom. The molecule has 0 aliphatic carbocycles. The first kappa shape index (κ1) is 33.3. The van der Waals surface area contributed by atoms with E-state index in [0.717, 1.165) is 51.5 Å². The Hall–Kier alpha value is -4.08. The van der Waals surface area contributed by atoms with Crippen molar-refractivity contribution < 1.29 is 21.1 Å². The minimum absolute atomic E-state index is 0. The van der Waals surface area contributed by atoms with E-state index < -0.39 is 0 Å².